The maximum Gasteiger partial charge on any atom is 0.433 e. The van der Waals surface area contributed by atoms with Crippen LogP contribution < -0.4 is 0 Å². The smallest absolute Gasteiger partial charge is 0.433 e. The number of rotatable bonds is 5. The van der Waals surface area contributed by atoms with Crippen molar-refractivity contribution in [3.8, 4) is 0 Å². The topological polar surface area (TPSA) is 71.2 Å². The van der Waals surface area contributed by atoms with Crippen LogP contribution in [0.3, 0.4) is 0 Å². The van der Waals surface area contributed by atoms with Crippen molar-refractivity contribution >= 4 is 5.97 Å². The van der Waals surface area contributed by atoms with Crippen LogP contribution in [0, 0.1) is 0 Å². The Bertz CT molecular complexity index is 758. The molecule has 1 aliphatic rings. The largest absolute Gasteiger partial charge is 0.480 e. The monoisotopic (exact) mass is 368 g/mol. The molecule has 0 aliphatic carbocycles. The second-order valence-electron chi connectivity index (χ2n) is 6.46. The molecule has 2 aromatic rings. The van der Waals surface area contributed by atoms with E-state index in [0.29, 0.717) is 6.54 Å². The number of likely N-dealkylation sites (tertiary alicyclic amines) is 1. The maximum absolute atomic E-state index is 12.6. The van der Waals surface area contributed by atoms with Crippen molar-refractivity contribution in [3.63, 3.8) is 0 Å². The highest BCUT2D eigenvalue weighted by Crippen LogP contribution is 2.29. The lowest BCUT2D eigenvalue weighted by molar-refractivity contribution is -0.141. The fraction of sp³-hybridized carbons (Fsp3) is 0.471. The van der Waals surface area contributed by atoms with E-state index in [9.17, 15) is 18.0 Å². The number of carbonyl (C=O) groups is 1. The van der Waals surface area contributed by atoms with Gasteiger partial charge in [0.1, 0.15) is 12.2 Å². The molecule has 0 saturated carbocycles. The van der Waals surface area contributed by atoms with Crippen LogP contribution in [0.5, 0.6) is 0 Å². The third-order valence-electron chi connectivity index (χ3n) is 4.40. The van der Waals surface area contributed by atoms with Crippen molar-refractivity contribution in [3.05, 3.63) is 47.5 Å². The van der Waals surface area contributed by atoms with Gasteiger partial charge in [0.15, 0.2) is 0 Å². The van der Waals surface area contributed by atoms with Crippen molar-refractivity contribution < 1.29 is 23.1 Å². The number of piperidine rings is 1. The molecule has 0 bridgehead atoms. The molecule has 26 heavy (non-hydrogen) atoms. The Morgan fingerprint density at radius 1 is 1.31 bits per heavy atom. The van der Waals surface area contributed by atoms with Crippen LogP contribution in [0.1, 0.15) is 35.7 Å². The Labute approximate surface area is 148 Å². The maximum atomic E-state index is 12.6. The first-order valence-electron chi connectivity index (χ1n) is 8.31. The standard InChI is InChI=1S/C17H19F3N4O2/c18-17(19,20)15-4-3-12(8-21-15)9-23-6-1-2-13(10-23)14-5-7-24(22-14)11-16(25)26/h3-5,7-8,13H,1-2,6,9-11H2,(H,25,26). The van der Waals surface area contributed by atoms with Crippen LogP contribution in [0.2, 0.25) is 0 Å². The van der Waals surface area contributed by atoms with E-state index in [1.54, 1.807) is 6.20 Å². The van der Waals surface area contributed by atoms with Gasteiger partial charge in [-0.25, -0.2) is 0 Å². The summed E-state index contributed by atoms with van der Waals surface area (Å²) in [6.07, 6.45) is 0.399. The zero-order valence-corrected chi connectivity index (χ0v) is 14.0. The molecule has 1 N–H and O–H groups in total. The van der Waals surface area contributed by atoms with Crippen molar-refractivity contribution in [1.82, 2.24) is 19.7 Å². The number of carboxylic acid groups (broad SMARTS) is 1. The lowest BCUT2D eigenvalue weighted by Gasteiger charge is -2.31. The minimum absolute atomic E-state index is 0.173. The van der Waals surface area contributed by atoms with E-state index in [4.69, 9.17) is 5.11 Å². The fourth-order valence-electron chi connectivity index (χ4n) is 3.21. The fourth-order valence-corrected chi connectivity index (χ4v) is 3.21. The summed E-state index contributed by atoms with van der Waals surface area (Å²) in [5.74, 6) is -0.763. The summed E-state index contributed by atoms with van der Waals surface area (Å²) >= 11 is 0. The first-order chi connectivity index (χ1) is 12.3. The number of alkyl halides is 3. The Morgan fingerprint density at radius 3 is 2.77 bits per heavy atom. The van der Waals surface area contributed by atoms with E-state index >= 15 is 0 Å². The quantitative estimate of drug-likeness (QED) is 0.879. The molecule has 140 valence electrons. The average Bonchev–Trinajstić information content (AvgIpc) is 3.02. The van der Waals surface area contributed by atoms with E-state index in [1.807, 2.05) is 6.07 Å². The molecule has 2 aromatic heterocycles. The number of halogens is 3. The van der Waals surface area contributed by atoms with Gasteiger partial charge in [-0.2, -0.15) is 18.3 Å². The number of aliphatic carboxylic acids is 1. The Morgan fingerprint density at radius 2 is 2.12 bits per heavy atom. The second-order valence-corrected chi connectivity index (χ2v) is 6.46. The molecule has 3 heterocycles. The van der Waals surface area contributed by atoms with Crippen LogP contribution in [-0.2, 0) is 24.1 Å². The lowest BCUT2D eigenvalue weighted by atomic mass is 9.94. The number of hydrogen-bond acceptors (Lipinski definition) is 4. The Kier molecular flexibility index (Phi) is 5.26. The summed E-state index contributed by atoms with van der Waals surface area (Å²) in [5, 5.41) is 13.1. The molecule has 0 amide bonds. The Balaban J connectivity index is 1.61. The molecule has 6 nitrogen and oxygen atoms in total. The van der Waals surface area contributed by atoms with Gasteiger partial charge in [-0.05, 0) is 37.1 Å². The minimum Gasteiger partial charge on any atom is -0.480 e. The molecule has 1 aliphatic heterocycles. The predicted octanol–water partition coefficient (Wildman–Crippen LogP) is 2.76. The SMILES string of the molecule is O=C(O)Cn1ccc(C2CCCN(Cc3ccc(C(F)(F)F)nc3)C2)n1. The van der Waals surface area contributed by atoms with E-state index in [2.05, 4.69) is 15.0 Å². The van der Waals surface area contributed by atoms with Crippen LogP contribution in [0.25, 0.3) is 0 Å². The van der Waals surface area contributed by atoms with Gasteiger partial charge in [-0.3, -0.25) is 19.4 Å². The van der Waals surface area contributed by atoms with E-state index in [-0.39, 0.29) is 12.5 Å². The number of carboxylic acids is 1. The van der Waals surface area contributed by atoms with Gasteiger partial charge >= 0.3 is 12.1 Å². The molecule has 0 radical (unpaired) electrons. The van der Waals surface area contributed by atoms with Gasteiger partial charge in [-0.1, -0.05) is 6.07 Å². The van der Waals surface area contributed by atoms with Crippen molar-refractivity contribution in [1.29, 1.82) is 0 Å². The second kappa shape index (κ2) is 7.45. The molecule has 1 unspecified atom stereocenters. The zero-order chi connectivity index (χ0) is 18.7. The van der Waals surface area contributed by atoms with Gasteiger partial charge in [0.25, 0.3) is 0 Å². The van der Waals surface area contributed by atoms with E-state index in [1.165, 1.54) is 16.9 Å². The van der Waals surface area contributed by atoms with Gasteiger partial charge in [0.2, 0.25) is 0 Å². The first-order valence-corrected chi connectivity index (χ1v) is 8.31. The zero-order valence-electron chi connectivity index (χ0n) is 14.0. The summed E-state index contributed by atoms with van der Waals surface area (Å²) in [6.45, 7) is 1.93. The summed E-state index contributed by atoms with van der Waals surface area (Å²) in [5.41, 5.74) is 0.693. The third kappa shape index (κ3) is 4.60. The minimum atomic E-state index is -4.43. The molecule has 1 saturated heterocycles. The van der Waals surface area contributed by atoms with Gasteiger partial charge < -0.3 is 5.11 Å². The summed E-state index contributed by atoms with van der Waals surface area (Å²) in [7, 11) is 0. The highest BCUT2D eigenvalue weighted by molar-refractivity contribution is 5.66. The number of pyridine rings is 1. The predicted molar refractivity (Wildman–Crippen MR) is 86.4 cm³/mol. The number of aromatic nitrogens is 3. The summed E-state index contributed by atoms with van der Waals surface area (Å²) in [6, 6.07) is 4.29. The molecular weight excluding hydrogens is 349 g/mol. The van der Waals surface area contributed by atoms with Gasteiger partial charge in [-0.15, -0.1) is 0 Å². The molecule has 1 fully saturated rings. The van der Waals surface area contributed by atoms with Gasteiger partial charge in [0, 0.05) is 31.4 Å². The van der Waals surface area contributed by atoms with Crippen molar-refractivity contribution in [2.75, 3.05) is 13.1 Å². The first kappa shape index (κ1) is 18.4. The van der Waals surface area contributed by atoms with Crippen LogP contribution in [-0.4, -0.2) is 43.8 Å². The van der Waals surface area contributed by atoms with Crippen LogP contribution >= 0.6 is 0 Å². The molecule has 0 aromatic carbocycles. The van der Waals surface area contributed by atoms with E-state index < -0.39 is 17.8 Å². The number of hydrogen-bond donors (Lipinski definition) is 1. The highest BCUT2D eigenvalue weighted by atomic mass is 19.4. The Hall–Kier alpha value is -2.42. The molecule has 1 atom stereocenters. The summed E-state index contributed by atoms with van der Waals surface area (Å²) < 4.78 is 39.1. The molecule has 9 heteroatoms. The third-order valence-corrected chi connectivity index (χ3v) is 4.40. The molecule has 0 spiro atoms. The lowest BCUT2D eigenvalue weighted by Crippen LogP contribution is -2.34. The van der Waals surface area contributed by atoms with Crippen LogP contribution in [0.15, 0.2) is 30.6 Å². The average molecular weight is 368 g/mol. The highest BCUT2D eigenvalue weighted by Gasteiger charge is 2.32. The van der Waals surface area contributed by atoms with E-state index in [0.717, 1.165) is 43.3 Å². The van der Waals surface area contributed by atoms with Crippen molar-refractivity contribution in [2.24, 2.45) is 0 Å². The summed E-state index contributed by atoms with van der Waals surface area (Å²) in [4.78, 5) is 16.4. The number of nitrogens with zero attached hydrogens (tertiary/aromatic N) is 4. The van der Waals surface area contributed by atoms with Gasteiger partial charge in [0.05, 0.1) is 5.69 Å². The molecule has 3 rings (SSSR count). The van der Waals surface area contributed by atoms with Crippen LogP contribution in [0.4, 0.5) is 13.2 Å². The van der Waals surface area contributed by atoms with Crippen molar-refractivity contribution in [2.45, 2.75) is 38.0 Å². The normalized spacial score (nSPS) is 18.8. The molecular formula is C17H19F3N4O2.